The number of benzene rings is 2. The molecule has 2 rings (SSSR count). The SMILES string of the molecule is Cc1ccc(F)cc1NC(=O)COC(=O)C(NS(=O)(=O)c1ccc(Cl)c(Cl)c1)C(C)O. The molecule has 12 heteroatoms. The Labute approximate surface area is 188 Å². The lowest BCUT2D eigenvalue weighted by Gasteiger charge is -2.20. The first kappa shape index (κ1) is 25.0. The predicted octanol–water partition coefficient (Wildman–Crippen LogP) is 2.65. The van der Waals surface area contributed by atoms with Crippen molar-refractivity contribution < 1.29 is 32.2 Å². The molecule has 0 fully saturated rings. The van der Waals surface area contributed by atoms with Crippen LogP contribution in [0.5, 0.6) is 0 Å². The van der Waals surface area contributed by atoms with Gasteiger partial charge in [-0.3, -0.25) is 9.59 Å². The highest BCUT2D eigenvalue weighted by atomic mass is 35.5. The van der Waals surface area contributed by atoms with E-state index in [0.29, 0.717) is 5.56 Å². The Kier molecular flexibility index (Phi) is 8.38. The third-order valence-corrected chi connectivity index (χ3v) is 6.22. The normalized spacial score (nSPS) is 13.4. The maximum Gasteiger partial charge on any atom is 0.327 e. The van der Waals surface area contributed by atoms with Crippen LogP contribution in [0.25, 0.3) is 0 Å². The molecule has 2 unspecified atom stereocenters. The van der Waals surface area contributed by atoms with E-state index < -0.39 is 46.5 Å². The molecule has 2 atom stereocenters. The van der Waals surface area contributed by atoms with Gasteiger partial charge in [-0.25, -0.2) is 12.8 Å². The van der Waals surface area contributed by atoms with Crippen LogP contribution in [0.15, 0.2) is 41.3 Å². The Bertz CT molecular complexity index is 1090. The van der Waals surface area contributed by atoms with E-state index in [2.05, 4.69) is 5.32 Å². The standard InChI is InChI=1S/C19H19Cl2FN2O6S/c1-10-3-4-12(22)7-16(10)23-17(26)9-30-19(27)18(11(2)25)24-31(28,29)13-5-6-14(20)15(21)8-13/h3-8,11,18,24-25H,9H2,1-2H3,(H,23,26). The topological polar surface area (TPSA) is 122 Å². The van der Waals surface area contributed by atoms with Crippen LogP contribution in [0, 0.1) is 12.7 Å². The van der Waals surface area contributed by atoms with Crippen LogP contribution in [-0.2, 0) is 24.3 Å². The molecule has 0 aliphatic carbocycles. The number of amides is 1. The van der Waals surface area contributed by atoms with Crippen LogP contribution >= 0.6 is 23.2 Å². The monoisotopic (exact) mass is 492 g/mol. The summed E-state index contributed by atoms with van der Waals surface area (Å²) in [4.78, 5) is 24.0. The number of sulfonamides is 1. The fraction of sp³-hybridized carbons (Fsp3) is 0.263. The molecule has 0 aliphatic heterocycles. The van der Waals surface area contributed by atoms with Crippen LogP contribution in [0.2, 0.25) is 10.0 Å². The fourth-order valence-electron chi connectivity index (χ4n) is 2.36. The second kappa shape index (κ2) is 10.4. The van der Waals surface area contributed by atoms with Crippen molar-refractivity contribution in [1.82, 2.24) is 4.72 Å². The minimum atomic E-state index is -4.28. The number of anilines is 1. The van der Waals surface area contributed by atoms with E-state index in [9.17, 15) is 27.5 Å². The zero-order valence-electron chi connectivity index (χ0n) is 16.4. The maximum atomic E-state index is 13.3. The van der Waals surface area contributed by atoms with Gasteiger partial charge in [0.15, 0.2) is 6.61 Å². The smallest absolute Gasteiger partial charge is 0.327 e. The number of aliphatic hydroxyl groups excluding tert-OH is 1. The van der Waals surface area contributed by atoms with Gasteiger partial charge in [-0.15, -0.1) is 0 Å². The molecule has 0 spiro atoms. The van der Waals surface area contributed by atoms with Crippen molar-refractivity contribution in [3.8, 4) is 0 Å². The molecule has 1 amide bonds. The summed E-state index contributed by atoms with van der Waals surface area (Å²) < 4.78 is 45.2. The van der Waals surface area contributed by atoms with Gasteiger partial charge in [-0.05, 0) is 49.7 Å². The summed E-state index contributed by atoms with van der Waals surface area (Å²) in [5.74, 6) is -2.53. The first-order chi connectivity index (χ1) is 14.4. The number of hydrogen-bond acceptors (Lipinski definition) is 6. The van der Waals surface area contributed by atoms with Crippen LogP contribution in [0.4, 0.5) is 10.1 Å². The van der Waals surface area contributed by atoms with E-state index in [4.69, 9.17) is 27.9 Å². The molecule has 0 aromatic heterocycles. The molecule has 0 aliphatic rings. The van der Waals surface area contributed by atoms with Gasteiger partial charge in [0.25, 0.3) is 5.91 Å². The van der Waals surface area contributed by atoms with Gasteiger partial charge in [0.2, 0.25) is 10.0 Å². The third kappa shape index (κ3) is 6.88. The maximum absolute atomic E-state index is 13.3. The van der Waals surface area contributed by atoms with Crippen molar-refractivity contribution in [3.63, 3.8) is 0 Å². The van der Waals surface area contributed by atoms with E-state index in [1.165, 1.54) is 25.1 Å². The fourth-order valence-corrected chi connectivity index (χ4v) is 4.01. The molecule has 0 saturated heterocycles. The van der Waals surface area contributed by atoms with Crippen molar-refractivity contribution in [2.45, 2.75) is 30.9 Å². The Morgan fingerprint density at radius 3 is 2.45 bits per heavy atom. The lowest BCUT2D eigenvalue weighted by atomic mass is 10.2. The molecule has 31 heavy (non-hydrogen) atoms. The molecule has 8 nitrogen and oxygen atoms in total. The lowest BCUT2D eigenvalue weighted by molar-refractivity contribution is -0.151. The molecule has 0 radical (unpaired) electrons. The number of carbonyl (C=O) groups excluding carboxylic acids is 2. The average molecular weight is 493 g/mol. The van der Waals surface area contributed by atoms with Crippen molar-refractivity contribution in [3.05, 3.63) is 57.8 Å². The Hall–Kier alpha value is -2.24. The van der Waals surface area contributed by atoms with Gasteiger partial charge in [-0.2, -0.15) is 4.72 Å². The van der Waals surface area contributed by atoms with Gasteiger partial charge >= 0.3 is 5.97 Å². The largest absolute Gasteiger partial charge is 0.454 e. The molecular formula is C19H19Cl2FN2O6S. The number of aliphatic hydroxyl groups is 1. The molecule has 0 bridgehead atoms. The van der Waals surface area contributed by atoms with Crippen molar-refractivity contribution in [2.24, 2.45) is 0 Å². The number of carbonyl (C=O) groups is 2. The van der Waals surface area contributed by atoms with Crippen LogP contribution in [0.3, 0.4) is 0 Å². The Morgan fingerprint density at radius 1 is 1.16 bits per heavy atom. The first-order valence-corrected chi connectivity index (χ1v) is 11.0. The van der Waals surface area contributed by atoms with Crippen molar-refractivity contribution >= 4 is 50.8 Å². The van der Waals surface area contributed by atoms with Crippen LogP contribution in [0.1, 0.15) is 12.5 Å². The summed E-state index contributed by atoms with van der Waals surface area (Å²) in [5, 5.41) is 12.3. The highest BCUT2D eigenvalue weighted by molar-refractivity contribution is 7.89. The van der Waals surface area contributed by atoms with Crippen LogP contribution < -0.4 is 10.0 Å². The van der Waals surface area contributed by atoms with E-state index >= 15 is 0 Å². The molecular weight excluding hydrogens is 474 g/mol. The summed E-state index contributed by atoms with van der Waals surface area (Å²) in [6.45, 7) is 2.02. The summed E-state index contributed by atoms with van der Waals surface area (Å²) in [6, 6.07) is 5.56. The van der Waals surface area contributed by atoms with Gasteiger partial charge in [0, 0.05) is 5.69 Å². The minimum Gasteiger partial charge on any atom is -0.454 e. The summed E-state index contributed by atoms with van der Waals surface area (Å²) in [6.07, 6.45) is -1.49. The van der Waals surface area contributed by atoms with E-state index in [0.717, 1.165) is 18.2 Å². The second-order valence-corrected chi connectivity index (χ2v) is 9.06. The van der Waals surface area contributed by atoms with Crippen molar-refractivity contribution in [1.29, 1.82) is 0 Å². The first-order valence-electron chi connectivity index (χ1n) is 8.79. The number of aryl methyl sites for hydroxylation is 1. The number of rotatable bonds is 8. The number of halogens is 3. The number of ether oxygens (including phenoxy) is 1. The zero-order valence-corrected chi connectivity index (χ0v) is 18.7. The van der Waals surface area contributed by atoms with E-state index in [1.807, 2.05) is 4.72 Å². The Morgan fingerprint density at radius 2 is 1.84 bits per heavy atom. The molecule has 0 heterocycles. The Balaban J connectivity index is 2.05. The van der Waals surface area contributed by atoms with E-state index in [1.54, 1.807) is 6.92 Å². The van der Waals surface area contributed by atoms with Gasteiger partial charge in [0.1, 0.15) is 11.9 Å². The van der Waals surface area contributed by atoms with Crippen LogP contribution in [-0.4, -0.2) is 44.2 Å². The van der Waals surface area contributed by atoms with Gasteiger partial charge in [0.05, 0.1) is 21.0 Å². The number of hydrogen-bond donors (Lipinski definition) is 3. The van der Waals surface area contributed by atoms with Crippen molar-refractivity contribution in [2.75, 3.05) is 11.9 Å². The highest BCUT2D eigenvalue weighted by Crippen LogP contribution is 2.25. The third-order valence-electron chi connectivity index (χ3n) is 4.04. The molecule has 3 N–H and O–H groups in total. The minimum absolute atomic E-state index is 0.0231. The lowest BCUT2D eigenvalue weighted by Crippen LogP contribution is -2.48. The molecule has 2 aromatic carbocycles. The zero-order chi connectivity index (χ0) is 23.3. The van der Waals surface area contributed by atoms with E-state index in [-0.39, 0.29) is 20.6 Å². The average Bonchev–Trinajstić information content (AvgIpc) is 2.69. The molecule has 168 valence electrons. The summed E-state index contributed by atoms with van der Waals surface area (Å²) >= 11 is 11.6. The van der Waals surface area contributed by atoms with Gasteiger partial charge in [-0.1, -0.05) is 29.3 Å². The molecule has 2 aromatic rings. The van der Waals surface area contributed by atoms with Gasteiger partial charge < -0.3 is 15.2 Å². The highest BCUT2D eigenvalue weighted by Gasteiger charge is 2.31. The summed E-state index contributed by atoms with van der Waals surface area (Å²) in [5.41, 5.74) is 0.769. The predicted molar refractivity (Wildman–Crippen MR) is 113 cm³/mol. The molecule has 0 saturated carbocycles. The number of nitrogens with one attached hydrogen (secondary N) is 2. The number of esters is 1. The second-order valence-electron chi connectivity index (χ2n) is 6.53. The quantitative estimate of drug-likeness (QED) is 0.487. The summed E-state index contributed by atoms with van der Waals surface area (Å²) in [7, 11) is -4.28.